The van der Waals surface area contributed by atoms with Crippen molar-refractivity contribution >= 4 is 6.08 Å². The molecule has 1 aliphatic rings. The van der Waals surface area contributed by atoms with Crippen molar-refractivity contribution < 1.29 is 0 Å². The van der Waals surface area contributed by atoms with E-state index in [1.54, 1.807) is 5.57 Å². The molecule has 0 aromatic heterocycles. The van der Waals surface area contributed by atoms with Gasteiger partial charge in [0.25, 0.3) is 0 Å². The fourth-order valence-electron chi connectivity index (χ4n) is 2.64. The largest absolute Gasteiger partial charge is 0.326 e. The molecule has 1 fully saturated rings. The molecule has 1 aromatic rings. The minimum atomic E-state index is -0.0646. The molecule has 2 nitrogen and oxygen atoms in total. The lowest BCUT2D eigenvalue weighted by molar-refractivity contribution is 0.452. The van der Waals surface area contributed by atoms with E-state index in [4.69, 9.17) is 5.73 Å². The summed E-state index contributed by atoms with van der Waals surface area (Å²) in [5.41, 5.74) is 8.84. The first-order valence-electron chi connectivity index (χ1n) is 7.77. The molecule has 1 aromatic carbocycles. The Kier molecular flexibility index (Phi) is 5.00. The summed E-state index contributed by atoms with van der Waals surface area (Å²) in [7, 11) is 0. The molecule has 1 saturated carbocycles. The lowest BCUT2D eigenvalue weighted by atomic mass is 10.0. The molecule has 2 heteroatoms. The highest BCUT2D eigenvalue weighted by Crippen LogP contribution is 2.39. The quantitative estimate of drug-likeness (QED) is 0.796. The third kappa shape index (κ3) is 4.77. The van der Waals surface area contributed by atoms with Gasteiger partial charge in [-0.1, -0.05) is 48.9 Å². The van der Waals surface area contributed by atoms with Crippen molar-refractivity contribution in [2.75, 3.05) is 6.54 Å². The van der Waals surface area contributed by atoms with Gasteiger partial charge in [-0.2, -0.15) is 0 Å². The smallest absolute Gasteiger partial charge is 0.0139 e. The molecule has 2 atom stereocenters. The third-order valence-electron chi connectivity index (χ3n) is 4.00. The van der Waals surface area contributed by atoms with Crippen LogP contribution in [0.25, 0.3) is 6.08 Å². The summed E-state index contributed by atoms with van der Waals surface area (Å²) in [5.74, 6) is 0.723. The van der Waals surface area contributed by atoms with Crippen LogP contribution in [0, 0.1) is 5.92 Å². The number of rotatable bonds is 7. The molecule has 3 N–H and O–H groups in total. The molecule has 1 aliphatic carbocycles. The second-order valence-electron chi connectivity index (χ2n) is 6.62. The molecule has 2 rings (SSSR count). The van der Waals surface area contributed by atoms with E-state index >= 15 is 0 Å². The van der Waals surface area contributed by atoms with Gasteiger partial charge in [0.1, 0.15) is 0 Å². The summed E-state index contributed by atoms with van der Waals surface area (Å²) >= 11 is 0. The van der Waals surface area contributed by atoms with Crippen molar-refractivity contribution in [3.63, 3.8) is 0 Å². The molecule has 0 radical (unpaired) electrons. The monoisotopic (exact) mass is 272 g/mol. The maximum Gasteiger partial charge on any atom is 0.0139 e. The van der Waals surface area contributed by atoms with E-state index in [1.165, 1.54) is 12.0 Å². The van der Waals surface area contributed by atoms with E-state index in [2.05, 4.69) is 62.5 Å². The lowest BCUT2D eigenvalue weighted by Gasteiger charge is -2.18. The van der Waals surface area contributed by atoms with E-state index in [1.807, 2.05) is 0 Å². The van der Waals surface area contributed by atoms with Gasteiger partial charge in [-0.15, -0.1) is 0 Å². The standard InChI is InChI=1S/C18H28N2/c1-4-15(12-14-8-6-5-7-9-14)16-13-17(16)20-11-10-18(2,3)19/h5-9,12,16-17,20H,4,10-11,13,19H2,1-3H3/b15-12+/t16-,17+/m0/s1. The van der Waals surface area contributed by atoms with Crippen LogP contribution in [0.4, 0.5) is 0 Å². The fraction of sp³-hybridized carbons (Fsp3) is 0.556. The van der Waals surface area contributed by atoms with Gasteiger partial charge in [-0.25, -0.2) is 0 Å². The van der Waals surface area contributed by atoms with Crippen molar-refractivity contribution in [2.45, 2.75) is 51.6 Å². The number of nitrogens with two attached hydrogens (primary N) is 1. The zero-order chi connectivity index (χ0) is 14.6. The molecular weight excluding hydrogens is 244 g/mol. The Labute approximate surface area is 123 Å². The molecule has 0 heterocycles. The van der Waals surface area contributed by atoms with Crippen molar-refractivity contribution in [3.8, 4) is 0 Å². The van der Waals surface area contributed by atoms with Crippen molar-refractivity contribution in [1.29, 1.82) is 0 Å². The van der Waals surface area contributed by atoms with Crippen molar-refractivity contribution in [1.82, 2.24) is 5.32 Å². The van der Waals surface area contributed by atoms with Crippen molar-refractivity contribution in [2.24, 2.45) is 11.7 Å². The van der Waals surface area contributed by atoms with Gasteiger partial charge in [0.15, 0.2) is 0 Å². The highest BCUT2D eigenvalue weighted by molar-refractivity contribution is 5.54. The third-order valence-corrected chi connectivity index (χ3v) is 4.00. The van der Waals surface area contributed by atoms with E-state index in [9.17, 15) is 0 Å². The summed E-state index contributed by atoms with van der Waals surface area (Å²) in [5, 5.41) is 3.64. The Bertz CT molecular complexity index is 442. The summed E-state index contributed by atoms with van der Waals surface area (Å²) in [6, 6.07) is 11.3. The van der Waals surface area contributed by atoms with Gasteiger partial charge in [0.05, 0.1) is 0 Å². The first-order valence-corrected chi connectivity index (χ1v) is 7.77. The predicted octanol–water partition coefficient (Wildman–Crippen LogP) is 3.59. The number of hydrogen-bond acceptors (Lipinski definition) is 2. The molecule has 0 amide bonds. The summed E-state index contributed by atoms with van der Waals surface area (Å²) in [6.45, 7) is 7.46. The van der Waals surface area contributed by atoms with Gasteiger partial charge in [-0.05, 0) is 51.1 Å². The van der Waals surface area contributed by atoms with Crippen LogP contribution < -0.4 is 11.1 Å². The van der Waals surface area contributed by atoms with Crippen LogP contribution in [0.3, 0.4) is 0 Å². The fourth-order valence-corrected chi connectivity index (χ4v) is 2.64. The number of benzene rings is 1. The van der Waals surface area contributed by atoms with Gasteiger partial charge in [0, 0.05) is 11.6 Å². The highest BCUT2D eigenvalue weighted by atomic mass is 15.0. The maximum absolute atomic E-state index is 6.01. The van der Waals surface area contributed by atoms with E-state index in [0.717, 1.165) is 25.3 Å². The van der Waals surface area contributed by atoms with Gasteiger partial charge in [-0.3, -0.25) is 0 Å². The van der Waals surface area contributed by atoms with Crippen LogP contribution in [0.15, 0.2) is 35.9 Å². The van der Waals surface area contributed by atoms with Crippen LogP contribution in [0.2, 0.25) is 0 Å². The maximum atomic E-state index is 6.01. The Morgan fingerprint density at radius 3 is 2.65 bits per heavy atom. The number of nitrogens with one attached hydrogen (secondary N) is 1. The Morgan fingerprint density at radius 2 is 2.05 bits per heavy atom. The van der Waals surface area contributed by atoms with Gasteiger partial charge >= 0.3 is 0 Å². The normalized spacial score (nSPS) is 22.9. The van der Waals surface area contributed by atoms with Crippen LogP contribution in [0.1, 0.15) is 45.6 Å². The number of hydrogen-bond donors (Lipinski definition) is 2. The highest BCUT2D eigenvalue weighted by Gasteiger charge is 2.38. The minimum absolute atomic E-state index is 0.0646. The van der Waals surface area contributed by atoms with Crippen LogP contribution in [0.5, 0.6) is 0 Å². The summed E-state index contributed by atoms with van der Waals surface area (Å²) in [4.78, 5) is 0. The average Bonchev–Trinajstić information content (AvgIpc) is 3.15. The van der Waals surface area contributed by atoms with Crippen LogP contribution >= 0.6 is 0 Å². The molecular formula is C18H28N2. The van der Waals surface area contributed by atoms with Crippen LogP contribution in [-0.2, 0) is 0 Å². The van der Waals surface area contributed by atoms with Gasteiger partial charge in [0.2, 0.25) is 0 Å². The second kappa shape index (κ2) is 6.55. The molecule has 0 spiro atoms. The second-order valence-corrected chi connectivity index (χ2v) is 6.62. The molecule has 0 saturated heterocycles. The molecule has 110 valence electrons. The topological polar surface area (TPSA) is 38.0 Å². The summed E-state index contributed by atoms with van der Waals surface area (Å²) in [6.07, 6.45) is 5.80. The van der Waals surface area contributed by atoms with Crippen LogP contribution in [-0.4, -0.2) is 18.1 Å². The first kappa shape index (κ1) is 15.3. The van der Waals surface area contributed by atoms with E-state index in [0.29, 0.717) is 6.04 Å². The predicted molar refractivity (Wildman–Crippen MR) is 87.5 cm³/mol. The van der Waals surface area contributed by atoms with Crippen molar-refractivity contribution in [3.05, 3.63) is 41.5 Å². The van der Waals surface area contributed by atoms with E-state index < -0.39 is 0 Å². The SMILES string of the molecule is CC/C(=C\c1ccccc1)[C@@H]1C[C@H]1NCCC(C)(C)N. The molecule has 0 unspecified atom stereocenters. The summed E-state index contributed by atoms with van der Waals surface area (Å²) < 4.78 is 0. The lowest BCUT2D eigenvalue weighted by Crippen LogP contribution is -2.36. The Balaban J connectivity index is 1.84. The van der Waals surface area contributed by atoms with Gasteiger partial charge < -0.3 is 11.1 Å². The molecule has 20 heavy (non-hydrogen) atoms. The molecule has 0 aliphatic heterocycles. The zero-order valence-corrected chi connectivity index (χ0v) is 13.0. The average molecular weight is 272 g/mol. The molecule has 0 bridgehead atoms. The Morgan fingerprint density at radius 1 is 1.35 bits per heavy atom. The first-order chi connectivity index (χ1) is 9.49. The minimum Gasteiger partial charge on any atom is -0.326 e. The Hall–Kier alpha value is -1.12. The zero-order valence-electron chi connectivity index (χ0n) is 13.0. The van der Waals surface area contributed by atoms with E-state index in [-0.39, 0.29) is 5.54 Å².